The molecular formula is C16H21N5. The van der Waals surface area contributed by atoms with Crippen LogP contribution in [0.5, 0.6) is 0 Å². The Bertz CT molecular complexity index is 810. The number of rotatable bonds is 3. The Kier molecular flexibility index (Phi) is 3.27. The highest BCUT2D eigenvalue weighted by atomic mass is 15.3. The van der Waals surface area contributed by atoms with Gasteiger partial charge in [-0.2, -0.15) is 10.2 Å². The summed E-state index contributed by atoms with van der Waals surface area (Å²) in [7, 11) is 0. The van der Waals surface area contributed by atoms with Crippen LogP contribution >= 0.6 is 0 Å². The van der Waals surface area contributed by atoms with Crippen molar-refractivity contribution in [3.05, 3.63) is 29.2 Å². The zero-order valence-electron chi connectivity index (χ0n) is 13.3. The minimum absolute atomic E-state index is 0.815. The van der Waals surface area contributed by atoms with Gasteiger partial charge in [0.05, 0.1) is 11.4 Å². The number of hydrogen-bond donors (Lipinski definition) is 0. The largest absolute Gasteiger partial charge is 0.270 e. The van der Waals surface area contributed by atoms with Crippen LogP contribution < -0.4 is 0 Å². The van der Waals surface area contributed by atoms with E-state index in [0.717, 1.165) is 46.8 Å². The molecule has 0 atom stereocenters. The maximum Gasteiger partial charge on any atom is 0.181 e. The molecule has 3 rings (SSSR count). The normalized spacial score (nSPS) is 11.5. The minimum Gasteiger partial charge on any atom is -0.270 e. The Morgan fingerprint density at radius 3 is 2.43 bits per heavy atom. The zero-order chi connectivity index (χ0) is 15.1. The molecule has 0 aromatic carbocycles. The van der Waals surface area contributed by atoms with E-state index in [2.05, 4.69) is 50.2 Å². The summed E-state index contributed by atoms with van der Waals surface area (Å²) in [4.78, 5) is 4.76. The Hall–Kier alpha value is -2.17. The number of pyridine rings is 1. The van der Waals surface area contributed by atoms with E-state index in [1.807, 2.05) is 16.3 Å². The van der Waals surface area contributed by atoms with Gasteiger partial charge < -0.3 is 0 Å². The van der Waals surface area contributed by atoms with Crippen molar-refractivity contribution in [1.82, 2.24) is 24.5 Å². The van der Waals surface area contributed by atoms with Crippen molar-refractivity contribution in [2.45, 2.75) is 47.7 Å². The molecule has 3 heterocycles. The average molecular weight is 283 g/mol. The molecule has 3 aromatic rings. The highest BCUT2D eigenvalue weighted by Gasteiger charge is 2.16. The summed E-state index contributed by atoms with van der Waals surface area (Å²) in [6, 6.07) is 2.14. The fourth-order valence-corrected chi connectivity index (χ4v) is 2.87. The van der Waals surface area contributed by atoms with E-state index in [1.165, 1.54) is 5.56 Å². The molecule has 0 unspecified atom stereocenters. The second-order valence-corrected chi connectivity index (χ2v) is 5.41. The zero-order valence-corrected chi connectivity index (χ0v) is 13.3. The Balaban J connectivity index is 2.23. The molecule has 0 fully saturated rings. The first-order valence-corrected chi connectivity index (χ1v) is 7.44. The van der Waals surface area contributed by atoms with Gasteiger partial charge in [-0.1, -0.05) is 0 Å². The summed E-state index contributed by atoms with van der Waals surface area (Å²) in [5.41, 5.74) is 6.31. The summed E-state index contributed by atoms with van der Waals surface area (Å²) < 4.78 is 3.96. The fraction of sp³-hybridized carbons (Fsp3) is 0.438. The van der Waals surface area contributed by atoms with Crippen molar-refractivity contribution in [3.63, 3.8) is 0 Å². The number of aryl methyl sites for hydroxylation is 4. The first-order chi connectivity index (χ1) is 10.0. The molecule has 0 bridgehead atoms. The number of aromatic nitrogens is 5. The van der Waals surface area contributed by atoms with Gasteiger partial charge in [0.25, 0.3) is 0 Å². The lowest BCUT2D eigenvalue weighted by molar-refractivity contribution is 0.634. The Morgan fingerprint density at radius 2 is 1.81 bits per heavy atom. The van der Waals surface area contributed by atoms with E-state index in [0.29, 0.717) is 0 Å². The second kappa shape index (κ2) is 4.98. The summed E-state index contributed by atoms with van der Waals surface area (Å²) in [5, 5.41) is 10.3. The highest BCUT2D eigenvalue weighted by Crippen LogP contribution is 2.28. The molecule has 0 aliphatic rings. The SMILES string of the molecule is CCn1cc2c(C)cc(-c3c(C)nn(CC)c3C)nc2n1. The maximum absolute atomic E-state index is 4.76. The molecule has 0 N–H and O–H groups in total. The van der Waals surface area contributed by atoms with Crippen molar-refractivity contribution in [2.75, 3.05) is 0 Å². The Morgan fingerprint density at radius 1 is 1.05 bits per heavy atom. The van der Waals surface area contributed by atoms with E-state index in [9.17, 15) is 0 Å². The Labute approximate surface area is 124 Å². The van der Waals surface area contributed by atoms with Gasteiger partial charge in [0.2, 0.25) is 0 Å². The van der Waals surface area contributed by atoms with Crippen LogP contribution in [0.2, 0.25) is 0 Å². The van der Waals surface area contributed by atoms with Gasteiger partial charge in [0.1, 0.15) is 0 Å². The molecule has 0 radical (unpaired) electrons. The van der Waals surface area contributed by atoms with Crippen molar-refractivity contribution in [3.8, 4) is 11.3 Å². The third kappa shape index (κ3) is 2.13. The van der Waals surface area contributed by atoms with Gasteiger partial charge in [-0.05, 0) is 46.2 Å². The molecule has 0 saturated carbocycles. The quantitative estimate of drug-likeness (QED) is 0.741. The van der Waals surface area contributed by atoms with Gasteiger partial charge in [-0.15, -0.1) is 0 Å². The predicted octanol–water partition coefficient (Wildman–Crippen LogP) is 3.26. The van der Waals surface area contributed by atoms with Crippen LogP contribution in [-0.2, 0) is 13.1 Å². The molecule has 3 aromatic heterocycles. The molecule has 110 valence electrons. The van der Waals surface area contributed by atoms with Crippen LogP contribution in [-0.4, -0.2) is 24.5 Å². The number of nitrogens with zero attached hydrogens (tertiary/aromatic N) is 5. The molecule has 0 amide bonds. The van der Waals surface area contributed by atoms with Gasteiger partial charge in [-0.3, -0.25) is 9.36 Å². The van der Waals surface area contributed by atoms with Crippen LogP contribution in [0.1, 0.15) is 30.8 Å². The topological polar surface area (TPSA) is 48.5 Å². The van der Waals surface area contributed by atoms with Crippen LogP contribution in [0.4, 0.5) is 0 Å². The third-order valence-corrected chi connectivity index (χ3v) is 4.01. The van der Waals surface area contributed by atoms with Gasteiger partial charge in [0.15, 0.2) is 5.65 Å². The standard InChI is InChI=1S/C16H21N5/c1-6-20-9-13-10(3)8-14(17-16(13)19-20)15-11(4)18-21(7-2)12(15)5/h8-9H,6-7H2,1-5H3. The van der Waals surface area contributed by atoms with Crippen LogP contribution in [0.25, 0.3) is 22.3 Å². The monoisotopic (exact) mass is 283 g/mol. The van der Waals surface area contributed by atoms with E-state index in [-0.39, 0.29) is 0 Å². The lowest BCUT2D eigenvalue weighted by Gasteiger charge is -2.04. The van der Waals surface area contributed by atoms with Gasteiger partial charge in [0, 0.05) is 35.9 Å². The van der Waals surface area contributed by atoms with Crippen LogP contribution in [0, 0.1) is 20.8 Å². The molecule has 21 heavy (non-hydrogen) atoms. The molecule has 0 saturated heterocycles. The van der Waals surface area contributed by atoms with Crippen molar-refractivity contribution >= 4 is 11.0 Å². The highest BCUT2D eigenvalue weighted by molar-refractivity contribution is 5.82. The molecule has 5 heteroatoms. The number of fused-ring (bicyclic) bond motifs is 1. The lowest BCUT2D eigenvalue weighted by Crippen LogP contribution is -1.99. The molecule has 0 spiro atoms. The molecule has 5 nitrogen and oxygen atoms in total. The second-order valence-electron chi connectivity index (χ2n) is 5.41. The molecule has 0 aliphatic heterocycles. The first-order valence-electron chi connectivity index (χ1n) is 7.44. The summed E-state index contributed by atoms with van der Waals surface area (Å²) >= 11 is 0. The molecular weight excluding hydrogens is 262 g/mol. The van der Waals surface area contributed by atoms with E-state index >= 15 is 0 Å². The fourth-order valence-electron chi connectivity index (χ4n) is 2.87. The van der Waals surface area contributed by atoms with Crippen LogP contribution in [0.3, 0.4) is 0 Å². The molecule has 0 aliphatic carbocycles. The third-order valence-electron chi connectivity index (χ3n) is 4.01. The van der Waals surface area contributed by atoms with Gasteiger partial charge >= 0.3 is 0 Å². The number of hydrogen-bond acceptors (Lipinski definition) is 3. The van der Waals surface area contributed by atoms with Gasteiger partial charge in [-0.25, -0.2) is 4.98 Å². The van der Waals surface area contributed by atoms with E-state index in [1.54, 1.807) is 0 Å². The summed E-state index contributed by atoms with van der Waals surface area (Å²) in [6.07, 6.45) is 2.07. The minimum atomic E-state index is 0.815. The van der Waals surface area contributed by atoms with E-state index < -0.39 is 0 Å². The van der Waals surface area contributed by atoms with Crippen molar-refractivity contribution in [1.29, 1.82) is 0 Å². The summed E-state index contributed by atoms with van der Waals surface area (Å²) in [6.45, 7) is 12.2. The van der Waals surface area contributed by atoms with Crippen molar-refractivity contribution in [2.24, 2.45) is 0 Å². The van der Waals surface area contributed by atoms with Crippen LogP contribution in [0.15, 0.2) is 12.3 Å². The lowest BCUT2D eigenvalue weighted by atomic mass is 10.1. The summed E-state index contributed by atoms with van der Waals surface area (Å²) in [5.74, 6) is 0. The smallest absolute Gasteiger partial charge is 0.181 e. The predicted molar refractivity (Wildman–Crippen MR) is 84.3 cm³/mol. The van der Waals surface area contributed by atoms with E-state index in [4.69, 9.17) is 4.98 Å². The first kappa shape index (κ1) is 13.8. The van der Waals surface area contributed by atoms with Crippen molar-refractivity contribution < 1.29 is 0 Å². The average Bonchev–Trinajstić information content (AvgIpc) is 2.99. The maximum atomic E-state index is 4.76.